The minimum Gasteiger partial charge on any atom is -0.307 e. The number of fused-ring (bicyclic) bond motifs is 1. The van der Waals surface area contributed by atoms with Crippen molar-refractivity contribution in [3.05, 3.63) is 65.2 Å². The summed E-state index contributed by atoms with van der Waals surface area (Å²) < 4.78 is 0. The molecule has 0 radical (unpaired) electrons. The third-order valence-corrected chi connectivity index (χ3v) is 3.39. The average molecular weight is 248 g/mol. The molecule has 0 bridgehead atoms. The van der Waals surface area contributed by atoms with Crippen molar-refractivity contribution in [2.24, 2.45) is 0 Å². The molecule has 2 aromatic rings. The summed E-state index contributed by atoms with van der Waals surface area (Å²) in [5, 5.41) is 9.10. The standard InChI is InChI=1S/C16H12N2O/c17-10-13-6-1-2-7-14(13)11-18-15-8-4-3-5-12(15)9-16(18)19/h1-8H,9,11H2. The van der Waals surface area contributed by atoms with E-state index in [1.807, 2.05) is 42.5 Å². The number of anilines is 1. The summed E-state index contributed by atoms with van der Waals surface area (Å²) in [7, 11) is 0. The molecular weight excluding hydrogens is 236 g/mol. The molecule has 0 fully saturated rings. The van der Waals surface area contributed by atoms with Crippen molar-refractivity contribution < 1.29 is 4.79 Å². The zero-order valence-electron chi connectivity index (χ0n) is 10.3. The molecule has 3 heteroatoms. The maximum Gasteiger partial charge on any atom is 0.231 e. The van der Waals surface area contributed by atoms with Crippen LogP contribution in [0.15, 0.2) is 48.5 Å². The molecule has 92 valence electrons. The van der Waals surface area contributed by atoms with Crippen LogP contribution in [0.25, 0.3) is 0 Å². The lowest BCUT2D eigenvalue weighted by atomic mass is 10.1. The fourth-order valence-electron chi connectivity index (χ4n) is 2.43. The van der Waals surface area contributed by atoms with Gasteiger partial charge in [0.1, 0.15) is 0 Å². The molecule has 0 atom stereocenters. The predicted molar refractivity (Wildman–Crippen MR) is 72.5 cm³/mol. The van der Waals surface area contributed by atoms with Gasteiger partial charge in [0.15, 0.2) is 0 Å². The summed E-state index contributed by atoms with van der Waals surface area (Å²) in [6.07, 6.45) is 0.449. The van der Waals surface area contributed by atoms with E-state index >= 15 is 0 Å². The maximum absolute atomic E-state index is 12.1. The van der Waals surface area contributed by atoms with Gasteiger partial charge in [0.25, 0.3) is 0 Å². The summed E-state index contributed by atoms with van der Waals surface area (Å²) in [6, 6.07) is 17.4. The van der Waals surface area contributed by atoms with Gasteiger partial charge in [-0.3, -0.25) is 4.79 Å². The quantitative estimate of drug-likeness (QED) is 0.820. The number of carbonyl (C=O) groups is 1. The van der Waals surface area contributed by atoms with Gasteiger partial charge in [-0.05, 0) is 23.3 Å². The van der Waals surface area contributed by atoms with Gasteiger partial charge in [0, 0.05) is 5.69 Å². The summed E-state index contributed by atoms with van der Waals surface area (Å²) in [4.78, 5) is 13.8. The highest BCUT2D eigenvalue weighted by molar-refractivity contribution is 6.01. The lowest BCUT2D eigenvalue weighted by Crippen LogP contribution is -2.26. The van der Waals surface area contributed by atoms with Gasteiger partial charge in [-0.25, -0.2) is 0 Å². The Morgan fingerprint density at radius 1 is 1.11 bits per heavy atom. The molecule has 1 aliphatic heterocycles. The first-order valence-electron chi connectivity index (χ1n) is 6.16. The van der Waals surface area contributed by atoms with Gasteiger partial charge in [0.2, 0.25) is 5.91 Å². The molecule has 19 heavy (non-hydrogen) atoms. The maximum atomic E-state index is 12.1. The van der Waals surface area contributed by atoms with Crippen LogP contribution in [-0.2, 0) is 17.8 Å². The average Bonchev–Trinajstić information content (AvgIpc) is 2.76. The Bertz CT molecular complexity index is 685. The molecule has 3 rings (SSSR count). The van der Waals surface area contributed by atoms with Crippen LogP contribution >= 0.6 is 0 Å². The highest BCUT2D eigenvalue weighted by Gasteiger charge is 2.27. The van der Waals surface area contributed by atoms with E-state index < -0.39 is 0 Å². The highest BCUT2D eigenvalue weighted by Crippen LogP contribution is 2.30. The van der Waals surface area contributed by atoms with E-state index in [-0.39, 0.29) is 5.91 Å². The van der Waals surface area contributed by atoms with E-state index in [1.54, 1.807) is 11.0 Å². The minimum atomic E-state index is 0.0916. The summed E-state index contributed by atoms with van der Waals surface area (Å²) in [5.74, 6) is 0.0916. The van der Waals surface area contributed by atoms with Crippen molar-refractivity contribution in [3.63, 3.8) is 0 Å². The monoisotopic (exact) mass is 248 g/mol. The number of carbonyl (C=O) groups excluding carboxylic acids is 1. The Kier molecular flexibility index (Phi) is 2.77. The van der Waals surface area contributed by atoms with Crippen LogP contribution in [-0.4, -0.2) is 5.91 Å². The van der Waals surface area contributed by atoms with Crippen LogP contribution in [0.3, 0.4) is 0 Å². The SMILES string of the molecule is N#Cc1ccccc1CN1C(=O)Cc2ccccc21. The molecule has 2 aromatic carbocycles. The number of nitrogens with zero attached hydrogens (tertiary/aromatic N) is 2. The fourth-order valence-corrected chi connectivity index (χ4v) is 2.43. The molecule has 0 saturated carbocycles. The molecule has 0 spiro atoms. The normalized spacial score (nSPS) is 13.2. The number of nitriles is 1. The first-order valence-corrected chi connectivity index (χ1v) is 6.16. The first kappa shape index (κ1) is 11.5. The molecular formula is C16H12N2O. The Hall–Kier alpha value is -2.60. The van der Waals surface area contributed by atoms with Gasteiger partial charge < -0.3 is 4.90 Å². The predicted octanol–water partition coefficient (Wildman–Crippen LogP) is 2.65. The number of amides is 1. The molecule has 1 heterocycles. The molecule has 0 N–H and O–H groups in total. The first-order chi connectivity index (χ1) is 9.29. The molecule has 1 amide bonds. The molecule has 0 unspecified atom stereocenters. The fraction of sp³-hybridized carbons (Fsp3) is 0.125. The molecule has 0 aliphatic carbocycles. The van der Waals surface area contributed by atoms with E-state index in [2.05, 4.69) is 6.07 Å². The topological polar surface area (TPSA) is 44.1 Å². The van der Waals surface area contributed by atoms with E-state index in [1.165, 1.54) is 0 Å². The van der Waals surface area contributed by atoms with Crippen molar-refractivity contribution in [3.8, 4) is 6.07 Å². The minimum absolute atomic E-state index is 0.0916. The van der Waals surface area contributed by atoms with Crippen LogP contribution in [0.5, 0.6) is 0 Å². The van der Waals surface area contributed by atoms with Crippen LogP contribution in [0.2, 0.25) is 0 Å². The lowest BCUT2D eigenvalue weighted by Gasteiger charge is -2.18. The largest absolute Gasteiger partial charge is 0.307 e. The van der Waals surface area contributed by atoms with E-state index in [4.69, 9.17) is 5.26 Å². The number of hydrogen-bond donors (Lipinski definition) is 0. The van der Waals surface area contributed by atoms with E-state index in [9.17, 15) is 4.79 Å². The molecule has 0 aromatic heterocycles. The van der Waals surface area contributed by atoms with Crippen molar-refractivity contribution >= 4 is 11.6 Å². The number of rotatable bonds is 2. The van der Waals surface area contributed by atoms with E-state index in [0.717, 1.165) is 16.8 Å². The Balaban J connectivity index is 1.96. The van der Waals surface area contributed by atoms with E-state index in [0.29, 0.717) is 18.5 Å². The van der Waals surface area contributed by atoms with Gasteiger partial charge in [0.05, 0.1) is 24.6 Å². The second-order valence-electron chi connectivity index (χ2n) is 4.55. The number of para-hydroxylation sites is 1. The third kappa shape index (κ3) is 1.98. The second kappa shape index (κ2) is 4.58. The van der Waals surface area contributed by atoms with Gasteiger partial charge >= 0.3 is 0 Å². The van der Waals surface area contributed by atoms with Gasteiger partial charge in [-0.1, -0.05) is 36.4 Å². The van der Waals surface area contributed by atoms with Crippen LogP contribution in [0, 0.1) is 11.3 Å². The zero-order valence-corrected chi connectivity index (χ0v) is 10.3. The van der Waals surface area contributed by atoms with Crippen LogP contribution in [0.1, 0.15) is 16.7 Å². The van der Waals surface area contributed by atoms with Crippen LogP contribution in [0.4, 0.5) is 5.69 Å². The molecule has 0 saturated heterocycles. The lowest BCUT2D eigenvalue weighted by molar-refractivity contribution is -0.117. The molecule has 3 nitrogen and oxygen atoms in total. The summed E-state index contributed by atoms with van der Waals surface area (Å²) in [5.41, 5.74) is 3.52. The van der Waals surface area contributed by atoms with Gasteiger partial charge in [-0.15, -0.1) is 0 Å². The molecule has 1 aliphatic rings. The highest BCUT2D eigenvalue weighted by atomic mass is 16.2. The summed E-state index contributed by atoms with van der Waals surface area (Å²) >= 11 is 0. The Morgan fingerprint density at radius 3 is 2.68 bits per heavy atom. The Morgan fingerprint density at radius 2 is 1.84 bits per heavy atom. The van der Waals surface area contributed by atoms with Crippen LogP contribution < -0.4 is 4.90 Å². The van der Waals surface area contributed by atoms with Crippen molar-refractivity contribution in [1.29, 1.82) is 5.26 Å². The van der Waals surface area contributed by atoms with Crippen molar-refractivity contribution in [2.75, 3.05) is 4.90 Å². The Labute approximate surface area is 111 Å². The van der Waals surface area contributed by atoms with Gasteiger partial charge in [-0.2, -0.15) is 5.26 Å². The van der Waals surface area contributed by atoms with Crippen molar-refractivity contribution in [1.82, 2.24) is 0 Å². The third-order valence-electron chi connectivity index (χ3n) is 3.39. The smallest absolute Gasteiger partial charge is 0.231 e. The number of benzene rings is 2. The summed E-state index contributed by atoms with van der Waals surface area (Å²) in [6.45, 7) is 0.458. The zero-order chi connectivity index (χ0) is 13.2. The second-order valence-corrected chi connectivity index (χ2v) is 4.55. The van der Waals surface area contributed by atoms with Crippen molar-refractivity contribution in [2.45, 2.75) is 13.0 Å². The number of hydrogen-bond acceptors (Lipinski definition) is 2.